The molecule has 3 saturated carbocycles. The molecule has 99 heavy (non-hydrogen) atoms. The average molecular weight is 1470 g/mol. The SMILES string of the molecule is CCCC1CCc2sc3ncnc(Cl)c3c2C1.CCCC1CCc2sc3ncnc(OC4CCC(N(C)C)CC4)c3c2C1.CN(C)C1CCC(O)CC1.CN(C)C1CCC(Oc2ncnc3sc4c(c23)CC(CCO)CC4)CC1.O=CO.OCCC1CCc2sc3ncnc(Cl)c3c2C1. The molecule has 0 amide bonds. The molecule has 8 heterocycles. The maximum absolute atomic E-state index is 9.31. The molecule has 8 aromatic rings. The fourth-order valence-corrected chi connectivity index (χ4v) is 21.5. The Morgan fingerprint density at radius 3 is 1.02 bits per heavy atom. The van der Waals surface area contributed by atoms with E-state index >= 15 is 0 Å². The number of ether oxygens (including phenoxy) is 2. The van der Waals surface area contributed by atoms with E-state index in [4.69, 9.17) is 47.7 Å². The van der Waals surface area contributed by atoms with Crippen LogP contribution in [0.15, 0.2) is 25.3 Å². The first-order valence-corrected chi connectivity index (χ1v) is 40.7. The van der Waals surface area contributed by atoms with Crippen molar-refractivity contribution in [3.8, 4) is 11.8 Å². The third-order valence-electron chi connectivity index (χ3n) is 21.8. The number of aliphatic hydroxyl groups excluding tert-OH is 3. The van der Waals surface area contributed by atoms with Crippen LogP contribution in [0.1, 0.15) is 197 Å². The van der Waals surface area contributed by atoms with Crippen molar-refractivity contribution in [3.05, 3.63) is 77.4 Å². The molecule has 0 saturated heterocycles. The number of hydrogen-bond donors (Lipinski definition) is 4. The first-order valence-electron chi connectivity index (χ1n) is 36.6. The molecule has 3 fully saturated rings. The van der Waals surface area contributed by atoms with Gasteiger partial charge in [-0.15, -0.1) is 45.3 Å². The molecule has 0 aromatic carbocycles. The van der Waals surface area contributed by atoms with E-state index in [1.807, 2.05) is 11.3 Å². The predicted molar refractivity (Wildman–Crippen MR) is 406 cm³/mol. The van der Waals surface area contributed by atoms with E-state index in [1.54, 1.807) is 53.0 Å². The van der Waals surface area contributed by atoms with Crippen molar-refractivity contribution < 1.29 is 34.7 Å². The van der Waals surface area contributed by atoms with Crippen LogP contribution >= 0.6 is 68.5 Å². The summed E-state index contributed by atoms with van der Waals surface area (Å²) in [6.45, 7) is 4.85. The van der Waals surface area contributed by atoms with Crippen LogP contribution in [-0.2, 0) is 56.2 Å². The van der Waals surface area contributed by atoms with Gasteiger partial charge in [0.1, 0.15) is 67.1 Å². The molecule has 8 aromatic heterocycles. The topological polar surface area (TPSA) is 229 Å². The number of carboxylic acid groups (broad SMARTS) is 1. The number of fused-ring (bicyclic) bond motifs is 12. The number of nitrogens with zero attached hydrogens (tertiary/aromatic N) is 11. The summed E-state index contributed by atoms with van der Waals surface area (Å²) in [5.41, 5.74) is 5.63. The summed E-state index contributed by atoms with van der Waals surface area (Å²) in [6.07, 6.45) is 41.4. The summed E-state index contributed by atoms with van der Waals surface area (Å²) in [5, 5.41) is 40.2. The molecule has 24 heteroatoms. The zero-order valence-corrected chi connectivity index (χ0v) is 64.4. The number of hydrogen-bond acceptors (Lipinski definition) is 21. The van der Waals surface area contributed by atoms with Gasteiger partial charge in [0.05, 0.1) is 27.6 Å². The van der Waals surface area contributed by atoms with Crippen molar-refractivity contribution in [1.29, 1.82) is 0 Å². The van der Waals surface area contributed by atoms with E-state index in [1.165, 1.54) is 143 Å². The van der Waals surface area contributed by atoms with Crippen LogP contribution in [0.3, 0.4) is 0 Å². The summed E-state index contributed by atoms with van der Waals surface area (Å²) in [7, 11) is 12.9. The lowest BCUT2D eigenvalue weighted by Crippen LogP contribution is -2.35. The largest absolute Gasteiger partial charge is 0.483 e. The molecule has 4 unspecified atom stereocenters. The van der Waals surface area contributed by atoms with E-state index in [0.717, 1.165) is 162 Å². The van der Waals surface area contributed by atoms with E-state index < -0.39 is 0 Å². The summed E-state index contributed by atoms with van der Waals surface area (Å²) in [4.78, 5) is 60.4. The number of aliphatic hydroxyl groups is 3. The molecule has 0 aliphatic heterocycles. The molecule has 18 nitrogen and oxygen atoms in total. The zero-order chi connectivity index (χ0) is 70.1. The number of carbonyl (C=O) groups is 1. The molecule has 0 bridgehead atoms. The molecule has 0 radical (unpaired) electrons. The normalized spacial score (nSPS) is 24.1. The van der Waals surface area contributed by atoms with Crippen molar-refractivity contribution >= 4 is 116 Å². The number of rotatable bonds is 15. The van der Waals surface area contributed by atoms with Crippen LogP contribution in [0, 0.1) is 23.7 Å². The molecule has 7 aliphatic carbocycles. The fraction of sp³-hybridized carbons (Fsp3) is 0.667. The van der Waals surface area contributed by atoms with Gasteiger partial charge in [0.25, 0.3) is 6.47 Å². The van der Waals surface area contributed by atoms with Crippen molar-refractivity contribution in [2.24, 2.45) is 23.7 Å². The van der Waals surface area contributed by atoms with Gasteiger partial charge < -0.3 is 44.6 Å². The quantitative estimate of drug-likeness (QED) is 0.0552. The van der Waals surface area contributed by atoms with Crippen LogP contribution < -0.4 is 9.47 Å². The predicted octanol–water partition coefficient (Wildman–Crippen LogP) is 15.9. The maximum atomic E-state index is 9.31. The van der Waals surface area contributed by atoms with Gasteiger partial charge in [0, 0.05) is 50.8 Å². The molecule has 0 spiro atoms. The molecular weight excluding hydrogens is 1370 g/mol. The highest BCUT2D eigenvalue weighted by atomic mass is 35.5. The minimum absolute atomic E-state index is 0.0174. The van der Waals surface area contributed by atoms with Crippen molar-refractivity contribution in [2.45, 2.75) is 243 Å². The molecule has 7 aliphatic rings. The Labute approximate surface area is 612 Å². The molecular formula is C75H107Cl2N11O7S4. The third kappa shape index (κ3) is 20.1. The monoisotopic (exact) mass is 1470 g/mol. The Bertz CT molecular complexity index is 3590. The first kappa shape index (κ1) is 77.2. The van der Waals surface area contributed by atoms with E-state index in [0.29, 0.717) is 46.4 Å². The maximum Gasteiger partial charge on any atom is 0.290 e. The number of aromatic nitrogens is 8. The Balaban J connectivity index is 0.000000137. The van der Waals surface area contributed by atoms with Crippen molar-refractivity contribution in [1.82, 2.24) is 54.6 Å². The van der Waals surface area contributed by atoms with Crippen molar-refractivity contribution in [2.75, 3.05) is 55.5 Å². The van der Waals surface area contributed by atoms with Crippen LogP contribution in [0.5, 0.6) is 11.8 Å². The Hall–Kier alpha value is -4.43. The molecule has 4 atom stereocenters. The van der Waals surface area contributed by atoms with E-state index in [2.05, 4.69) is 111 Å². The van der Waals surface area contributed by atoms with Gasteiger partial charge in [0.15, 0.2) is 0 Å². The second-order valence-corrected chi connectivity index (χ2v) is 34.1. The molecule has 542 valence electrons. The smallest absolute Gasteiger partial charge is 0.290 e. The van der Waals surface area contributed by atoms with Gasteiger partial charge in [0.2, 0.25) is 11.8 Å². The minimum Gasteiger partial charge on any atom is -0.483 e. The van der Waals surface area contributed by atoms with Crippen LogP contribution in [-0.4, -0.2) is 173 Å². The average Bonchev–Trinajstić information content (AvgIpc) is 1.66. The number of thiophene rings is 4. The van der Waals surface area contributed by atoms with Crippen LogP contribution in [0.2, 0.25) is 10.3 Å². The lowest BCUT2D eigenvalue weighted by atomic mass is 9.84. The summed E-state index contributed by atoms with van der Waals surface area (Å²) >= 11 is 19.6. The van der Waals surface area contributed by atoms with Crippen molar-refractivity contribution in [3.63, 3.8) is 0 Å². The molecule has 15 rings (SSSR count). The van der Waals surface area contributed by atoms with Gasteiger partial charge in [-0.2, -0.15) is 0 Å². The van der Waals surface area contributed by atoms with E-state index in [-0.39, 0.29) is 31.9 Å². The van der Waals surface area contributed by atoms with Gasteiger partial charge in [-0.3, -0.25) is 4.79 Å². The zero-order valence-electron chi connectivity index (χ0n) is 59.6. The van der Waals surface area contributed by atoms with Crippen LogP contribution in [0.4, 0.5) is 0 Å². The number of aryl methyl sites for hydroxylation is 4. The van der Waals surface area contributed by atoms with Gasteiger partial charge in [-0.25, -0.2) is 39.9 Å². The van der Waals surface area contributed by atoms with Gasteiger partial charge in [-0.05, 0) is 255 Å². The Morgan fingerprint density at radius 2 is 0.717 bits per heavy atom. The molecule has 4 N–H and O–H groups in total. The van der Waals surface area contributed by atoms with E-state index in [9.17, 15) is 10.2 Å². The lowest BCUT2D eigenvalue weighted by molar-refractivity contribution is -0.122. The summed E-state index contributed by atoms with van der Waals surface area (Å²) < 4.78 is 12.9. The Kier molecular flexibility index (Phi) is 29.5. The highest BCUT2D eigenvalue weighted by Gasteiger charge is 2.32. The highest BCUT2D eigenvalue weighted by molar-refractivity contribution is 7.20. The van der Waals surface area contributed by atoms with Crippen LogP contribution in [0.25, 0.3) is 40.9 Å². The van der Waals surface area contributed by atoms with Gasteiger partial charge in [-0.1, -0.05) is 62.7 Å². The standard InChI is InChI=1S/C21H31N3OS.C20H29N3O2S.C13H15ClN2S.C12H13ClN2OS.C8H17NO.CH2O2/c1-4-5-14-6-11-18-17(12-14)19-20(22-13-23-21(19)26-18)25-16-9-7-15(8-10-16)24(2)3;1-23(2)14-4-6-15(7-5-14)25-19-18-16-11-13(9-10-24)3-8-17(16)26-20(18)22-12-21-19;1-2-3-8-4-5-10-9(6-8)11-12(14)15-7-16-13(11)17-10;13-11-10-8-5-7(3-4-16)1-2-9(8)17-12(10)15-6-14-11;1-9(2)7-3-5-8(10)6-4-7;2-1-3/h13-16H,4-12H2,1-3H3;12-15,24H,3-11H2,1-2H3;7-8H,2-6H2,1H3;6-7,16H,1-5H2;7-8,10H,3-6H2,1-2H3;1H,(H,2,3). The third-order valence-corrected chi connectivity index (χ3v) is 27.2. The summed E-state index contributed by atoms with van der Waals surface area (Å²) in [5.74, 6) is 4.40. The lowest BCUT2D eigenvalue weighted by Gasteiger charge is -2.32. The second kappa shape index (κ2) is 37.8. The Morgan fingerprint density at radius 1 is 0.434 bits per heavy atom. The highest BCUT2D eigenvalue weighted by Crippen LogP contribution is 2.46. The first-order chi connectivity index (χ1) is 48.0. The second-order valence-electron chi connectivity index (χ2n) is 29.0. The van der Waals surface area contributed by atoms with Gasteiger partial charge >= 0.3 is 0 Å². The minimum atomic E-state index is -0.250. The number of halogens is 2. The fourth-order valence-electron chi connectivity index (χ4n) is 16.2. The summed E-state index contributed by atoms with van der Waals surface area (Å²) in [6, 6.07) is 2.08.